The molecule has 0 aliphatic rings. The molecule has 1 rings (SSSR count). The van der Waals surface area contributed by atoms with Crippen molar-refractivity contribution in [2.45, 2.75) is 19.4 Å². The highest BCUT2D eigenvalue weighted by molar-refractivity contribution is 9.10. The first-order valence-electron chi connectivity index (χ1n) is 4.75. The van der Waals surface area contributed by atoms with E-state index in [0.717, 1.165) is 10.0 Å². The molecule has 0 heterocycles. The SMILES string of the molecule is C[C@@H](NC(=O)CCCl)c1ccccc1Br. The number of alkyl halides is 1. The molecular formula is C11H13BrClNO. The predicted octanol–water partition coefficient (Wildman–Crippen LogP) is 3.26. The van der Waals surface area contributed by atoms with Crippen LogP contribution in [0.4, 0.5) is 0 Å². The van der Waals surface area contributed by atoms with Crippen molar-refractivity contribution in [3.63, 3.8) is 0 Å². The zero-order valence-corrected chi connectivity index (χ0v) is 10.8. The first-order chi connectivity index (χ1) is 7.15. The highest BCUT2D eigenvalue weighted by Gasteiger charge is 2.10. The van der Waals surface area contributed by atoms with Gasteiger partial charge in [-0.25, -0.2) is 0 Å². The summed E-state index contributed by atoms with van der Waals surface area (Å²) in [7, 11) is 0. The lowest BCUT2D eigenvalue weighted by Gasteiger charge is -2.15. The molecule has 82 valence electrons. The number of halogens is 2. The maximum Gasteiger partial charge on any atom is 0.221 e. The summed E-state index contributed by atoms with van der Waals surface area (Å²) in [6.07, 6.45) is 0.357. The van der Waals surface area contributed by atoms with Crippen LogP contribution in [-0.2, 0) is 4.79 Å². The van der Waals surface area contributed by atoms with Crippen LogP contribution in [-0.4, -0.2) is 11.8 Å². The summed E-state index contributed by atoms with van der Waals surface area (Å²) in [5.74, 6) is 0.336. The van der Waals surface area contributed by atoms with Crippen LogP contribution in [0.5, 0.6) is 0 Å². The van der Waals surface area contributed by atoms with Gasteiger partial charge in [-0.05, 0) is 18.6 Å². The van der Waals surface area contributed by atoms with Crippen LogP contribution in [0, 0.1) is 0 Å². The lowest BCUT2D eigenvalue weighted by atomic mass is 10.1. The summed E-state index contributed by atoms with van der Waals surface area (Å²) in [5.41, 5.74) is 1.07. The Kier molecular flexibility index (Phi) is 5.12. The molecule has 0 aliphatic carbocycles. The molecule has 1 N–H and O–H groups in total. The van der Waals surface area contributed by atoms with E-state index in [-0.39, 0.29) is 11.9 Å². The number of benzene rings is 1. The number of nitrogens with one attached hydrogen (secondary N) is 1. The molecule has 0 saturated heterocycles. The third-order valence-corrected chi connectivity index (χ3v) is 2.98. The van der Waals surface area contributed by atoms with E-state index >= 15 is 0 Å². The fraction of sp³-hybridized carbons (Fsp3) is 0.364. The van der Waals surface area contributed by atoms with E-state index in [4.69, 9.17) is 11.6 Å². The van der Waals surface area contributed by atoms with Gasteiger partial charge in [-0.15, -0.1) is 11.6 Å². The quantitative estimate of drug-likeness (QED) is 0.847. The second-order valence-electron chi connectivity index (χ2n) is 3.25. The Morgan fingerprint density at radius 3 is 2.80 bits per heavy atom. The second kappa shape index (κ2) is 6.13. The van der Waals surface area contributed by atoms with Crippen LogP contribution in [0.2, 0.25) is 0 Å². The molecule has 0 unspecified atom stereocenters. The van der Waals surface area contributed by atoms with Crippen molar-refractivity contribution >= 4 is 33.4 Å². The molecule has 15 heavy (non-hydrogen) atoms. The molecule has 2 nitrogen and oxygen atoms in total. The van der Waals surface area contributed by atoms with Crippen LogP contribution in [0.1, 0.15) is 24.9 Å². The van der Waals surface area contributed by atoms with Crippen molar-refractivity contribution in [2.24, 2.45) is 0 Å². The predicted molar refractivity (Wildman–Crippen MR) is 66.0 cm³/mol. The van der Waals surface area contributed by atoms with Crippen molar-refractivity contribution in [1.82, 2.24) is 5.32 Å². The molecule has 1 amide bonds. The van der Waals surface area contributed by atoms with Gasteiger partial charge in [0.1, 0.15) is 0 Å². The molecular weight excluding hydrogens is 277 g/mol. The molecule has 0 bridgehead atoms. The van der Waals surface area contributed by atoms with Crippen LogP contribution < -0.4 is 5.32 Å². The molecule has 1 aromatic carbocycles. The molecule has 0 aromatic heterocycles. The van der Waals surface area contributed by atoms with E-state index in [1.54, 1.807) is 0 Å². The standard InChI is InChI=1S/C11H13BrClNO/c1-8(14-11(15)6-7-13)9-4-2-3-5-10(9)12/h2-5,8H,6-7H2,1H3,(H,14,15)/t8-/m1/s1. The molecule has 0 spiro atoms. The van der Waals surface area contributed by atoms with Gasteiger partial charge in [-0.2, -0.15) is 0 Å². The molecule has 0 radical (unpaired) electrons. The Balaban J connectivity index is 2.65. The number of carbonyl (C=O) groups excluding carboxylic acids is 1. The fourth-order valence-corrected chi connectivity index (χ4v) is 2.10. The maximum absolute atomic E-state index is 11.3. The Bertz CT molecular complexity index is 343. The Morgan fingerprint density at radius 1 is 1.53 bits per heavy atom. The summed E-state index contributed by atoms with van der Waals surface area (Å²) in [6.45, 7) is 1.95. The second-order valence-corrected chi connectivity index (χ2v) is 4.48. The van der Waals surface area contributed by atoms with E-state index in [9.17, 15) is 4.79 Å². The van der Waals surface area contributed by atoms with E-state index in [1.165, 1.54) is 0 Å². The molecule has 0 fully saturated rings. The van der Waals surface area contributed by atoms with Crippen molar-refractivity contribution in [3.8, 4) is 0 Å². The van der Waals surface area contributed by atoms with Gasteiger partial charge in [0, 0.05) is 16.8 Å². The summed E-state index contributed by atoms with van der Waals surface area (Å²) in [6, 6.07) is 7.83. The van der Waals surface area contributed by atoms with Crippen LogP contribution in [0.25, 0.3) is 0 Å². The topological polar surface area (TPSA) is 29.1 Å². The molecule has 0 aliphatic heterocycles. The molecule has 1 atom stereocenters. The number of amides is 1. The normalized spacial score (nSPS) is 12.2. The van der Waals surface area contributed by atoms with Gasteiger partial charge in [0.2, 0.25) is 5.91 Å². The number of carbonyl (C=O) groups is 1. The van der Waals surface area contributed by atoms with Crippen LogP contribution in [0.3, 0.4) is 0 Å². The van der Waals surface area contributed by atoms with Gasteiger partial charge >= 0.3 is 0 Å². The van der Waals surface area contributed by atoms with Crippen molar-refractivity contribution < 1.29 is 4.79 Å². The Morgan fingerprint density at radius 2 is 2.20 bits per heavy atom. The van der Waals surface area contributed by atoms with Gasteiger partial charge in [0.15, 0.2) is 0 Å². The average Bonchev–Trinajstić information content (AvgIpc) is 2.18. The van der Waals surface area contributed by atoms with Gasteiger partial charge < -0.3 is 5.32 Å². The van der Waals surface area contributed by atoms with Gasteiger partial charge in [0.25, 0.3) is 0 Å². The van der Waals surface area contributed by atoms with Crippen molar-refractivity contribution in [1.29, 1.82) is 0 Å². The van der Waals surface area contributed by atoms with E-state index in [0.29, 0.717) is 12.3 Å². The lowest BCUT2D eigenvalue weighted by molar-refractivity contribution is -0.121. The number of rotatable bonds is 4. The minimum Gasteiger partial charge on any atom is -0.350 e. The maximum atomic E-state index is 11.3. The van der Waals surface area contributed by atoms with Crippen LogP contribution >= 0.6 is 27.5 Å². The van der Waals surface area contributed by atoms with E-state index in [2.05, 4.69) is 21.2 Å². The largest absolute Gasteiger partial charge is 0.350 e. The monoisotopic (exact) mass is 289 g/mol. The van der Waals surface area contributed by atoms with Crippen molar-refractivity contribution in [2.75, 3.05) is 5.88 Å². The van der Waals surface area contributed by atoms with Gasteiger partial charge in [-0.1, -0.05) is 34.1 Å². The minimum absolute atomic E-state index is 0.00343. The smallest absolute Gasteiger partial charge is 0.221 e. The lowest BCUT2D eigenvalue weighted by Crippen LogP contribution is -2.26. The van der Waals surface area contributed by atoms with Crippen molar-refractivity contribution in [3.05, 3.63) is 34.3 Å². The third kappa shape index (κ3) is 3.84. The summed E-state index contributed by atoms with van der Waals surface area (Å²) >= 11 is 8.94. The molecule has 0 saturated carbocycles. The third-order valence-electron chi connectivity index (χ3n) is 2.07. The summed E-state index contributed by atoms with van der Waals surface area (Å²) in [5, 5.41) is 2.88. The Hall–Kier alpha value is -0.540. The zero-order chi connectivity index (χ0) is 11.3. The molecule has 1 aromatic rings. The van der Waals surface area contributed by atoms with E-state index < -0.39 is 0 Å². The highest BCUT2D eigenvalue weighted by Crippen LogP contribution is 2.22. The highest BCUT2D eigenvalue weighted by atomic mass is 79.9. The van der Waals surface area contributed by atoms with Gasteiger partial charge in [0.05, 0.1) is 6.04 Å². The van der Waals surface area contributed by atoms with E-state index in [1.807, 2.05) is 31.2 Å². The summed E-state index contributed by atoms with van der Waals surface area (Å²) in [4.78, 5) is 11.3. The zero-order valence-electron chi connectivity index (χ0n) is 8.47. The first-order valence-corrected chi connectivity index (χ1v) is 6.07. The minimum atomic E-state index is -0.0201. The van der Waals surface area contributed by atoms with Crippen LogP contribution in [0.15, 0.2) is 28.7 Å². The average molecular weight is 291 g/mol. The summed E-state index contributed by atoms with van der Waals surface area (Å²) < 4.78 is 1.00. The first kappa shape index (κ1) is 12.5. The number of hydrogen-bond donors (Lipinski definition) is 1. The number of hydrogen-bond acceptors (Lipinski definition) is 1. The van der Waals surface area contributed by atoms with Gasteiger partial charge in [-0.3, -0.25) is 4.79 Å². The molecule has 4 heteroatoms. The fourth-order valence-electron chi connectivity index (χ4n) is 1.30. The Labute approximate surface area is 103 Å².